The van der Waals surface area contributed by atoms with Crippen LogP contribution in [0.1, 0.15) is 29.9 Å². The summed E-state index contributed by atoms with van der Waals surface area (Å²) in [7, 11) is 0. The van der Waals surface area contributed by atoms with Gasteiger partial charge in [-0.3, -0.25) is 9.97 Å². The van der Waals surface area contributed by atoms with Crippen LogP contribution in [0.25, 0.3) is 11.1 Å². The molecule has 0 unspecified atom stereocenters. The van der Waals surface area contributed by atoms with E-state index in [0.717, 1.165) is 42.6 Å². The Balaban J connectivity index is 1.27. The molecule has 3 aromatic rings. The van der Waals surface area contributed by atoms with Crippen LogP contribution >= 0.6 is 0 Å². The van der Waals surface area contributed by atoms with Crippen LogP contribution in [-0.4, -0.2) is 34.0 Å². The van der Waals surface area contributed by atoms with E-state index in [4.69, 9.17) is 0 Å². The Hall–Kier alpha value is -3.21. The predicted octanol–water partition coefficient (Wildman–Crippen LogP) is 4.23. The number of carbonyl (C=O) groups is 1. The van der Waals surface area contributed by atoms with Crippen molar-refractivity contribution in [1.82, 2.24) is 20.2 Å². The van der Waals surface area contributed by atoms with Crippen LogP contribution in [0.3, 0.4) is 0 Å². The molecule has 142 valence electrons. The lowest BCUT2D eigenvalue weighted by Crippen LogP contribution is -2.43. The maximum atomic E-state index is 12.5. The standard InChI is InChI=1S/C23H24N4O/c28-23(27-15-9-22(10-16-27)21-7-13-25-14-8-21)26-17-18-1-3-19(4-2-18)20-5-11-24-12-6-20/h1-8,11-14,22H,9-10,15-17H2,(H,26,28). The Morgan fingerprint density at radius 3 is 2.07 bits per heavy atom. The Bertz CT molecular complexity index is 889. The highest BCUT2D eigenvalue weighted by Crippen LogP contribution is 2.27. The molecule has 5 heteroatoms. The minimum atomic E-state index is 0.0198. The van der Waals surface area contributed by atoms with E-state index in [2.05, 4.69) is 51.7 Å². The van der Waals surface area contributed by atoms with Gasteiger partial charge in [0, 0.05) is 44.4 Å². The molecule has 0 aliphatic carbocycles. The summed E-state index contributed by atoms with van der Waals surface area (Å²) in [5, 5.41) is 3.05. The molecule has 4 rings (SSSR count). The number of urea groups is 1. The SMILES string of the molecule is O=C(NCc1ccc(-c2ccncc2)cc1)N1CCC(c2ccncc2)CC1. The van der Waals surface area contributed by atoms with Gasteiger partial charge in [-0.25, -0.2) is 4.79 Å². The van der Waals surface area contributed by atoms with Crippen molar-refractivity contribution in [2.75, 3.05) is 13.1 Å². The van der Waals surface area contributed by atoms with E-state index in [1.54, 1.807) is 12.4 Å². The average molecular weight is 372 g/mol. The zero-order valence-corrected chi connectivity index (χ0v) is 15.8. The van der Waals surface area contributed by atoms with Crippen LogP contribution < -0.4 is 5.32 Å². The van der Waals surface area contributed by atoms with Crippen molar-refractivity contribution in [2.24, 2.45) is 0 Å². The molecule has 0 saturated carbocycles. The maximum Gasteiger partial charge on any atom is 0.317 e. The van der Waals surface area contributed by atoms with E-state index in [9.17, 15) is 4.79 Å². The van der Waals surface area contributed by atoms with Gasteiger partial charge in [0.25, 0.3) is 0 Å². The molecule has 1 aliphatic rings. The van der Waals surface area contributed by atoms with Gasteiger partial charge in [0.2, 0.25) is 0 Å². The number of nitrogens with zero attached hydrogens (tertiary/aromatic N) is 3. The van der Waals surface area contributed by atoms with Crippen LogP contribution in [-0.2, 0) is 6.54 Å². The van der Waals surface area contributed by atoms with Gasteiger partial charge in [0.1, 0.15) is 0 Å². The number of nitrogens with one attached hydrogen (secondary N) is 1. The van der Waals surface area contributed by atoms with Crippen molar-refractivity contribution in [3.63, 3.8) is 0 Å². The van der Waals surface area contributed by atoms with Crippen LogP contribution in [0.4, 0.5) is 4.79 Å². The topological polar surface area (TPSA) is 58.1 Å². The number of piperidine rings is 1. The lowest BCUT2D eigenvalue weighted by molar-refractivity contribution is 0.181. The second kappa shape index (κ2) is 8.65. The van der Waals surface area contributed by atoms with E-state index >= 15 is 0 Å². The number of benzene rings is 1. The molecule has 0 radical (unpaired) electrons. The summed E-state index contributed by atoms with van der Waals surface area (Å²) in [6.07, 6.45) is 9.27. The third-order valence-corrected chi connectivity index (χ3v) is 5.37. The molecule has 2 aromatic heterocycles. The van der Waals surface area contributed by atoms with Gasteiger partial charge in [-0.15, -0.1) is 0 Å². The first-order valence-corrected chi connectivity index (χ1v) is 9.71. The number of amides is 2. The normalized spacial score (nSPS) is 14.6. The van der Waals surface area contributed by atoms with Crippen molar-refractivity contribution in [3.8, 4) is 11.1 Å². The molecule has 1 fully saturated rings. The van der Waals surface area contributed by atoms with Gasteiger partial charge < -0.3 is 10.2 Å². The zero-order chi connectivity index (χ0) is 19.2. The largest absolute Gasteiger partial charge is 0.334 e. The predicted molar refractivity (Wildman–Crippen MR) is 110 cm³/mol. The van der Waals surface area contributed by atoms with Crippen molar-refractivity contribution in [3.05, 3.63) is 84.4 Å². The highest BCUT2D eigenvalue weighted by atomic mass is 16.2. The van der Waals surface area contributed by atoms with Crippen LogP contribution in [0, 0.1) is 0 Å². The summed E-state index contributed by atoms with van der Waals surface area (Å²) < 4.78 is 0. The minimum absolute atomic E-state index is 0.0198. The number of aromatic nitrogens is 2. The van der Waals surface area contributed by atoms with Crippen LogP contribution in [0.5, 0.6) is 0 Å². The maximum absolute atomic E-state index is 12.5. The van der Waals surface area contributed by atoms with Gasteiger partial charge in [0.15, 0.2) is 0 Å². The number of likely N-dealkylation sites (tertiary alicyclic amines) is 1. The summed E-state index contributed by atoms with van der Waals surface area (Å²) in [5.74, 6) is 0.521. The van der Waals surface area contributed by atoms with Crippen molar-refractivity contribution >= 4 is 6.03 Å². The monoisotopic (exact) mass is 372 g/mol. The highest BCUT2D eigenvalue weighted by molar-refractivity contribution is 5.74. The summed E-state index contributed by atoms with van der Waals surface area (Å²) >= 11 is 0. The molecule has 5 nitrogen and oxygen atoms in total. The Morgan fingerprint density at radius 2 is 1.43 bits per heavy atom. The smallest absolute Gasteiger partial charge is 0.317 e. The fourth-order valence-electron chi connectivity index (χ4n) is 3.70. The Morgan fingerprint density at radius 1 is 0.857 bits per heavy atom. The molecule has 28 heavy (non-hydrogen) atoms. The van der Waals surface area contributed by atoms with E-state index in [0.29, 0.717) is 12.5 Å². The van der Waals surface area contributed by atoms with Gasteiger partial charge in [-0.05, 0) is 65.3 Å². The molecule has 1 aliphatic heterocycles. The summed E-state index contributed by atoms with van der Waals surface area (Å²) in [6, 6.07) is 16.4. The molecule has 0 spiro atoms. The Labute approximate surface area is 165 Å². The molecular formula is C23H24N4O. The second-order valence-electron chi connectivity index (χ2n) is 7.13. The van der Waals surface area contributed by atoms with Crippen molar-refractivity contribution < 1.29 is 4.79 Å². The first-order valence-electron chi connectivity index (χ1n) is 9.71. The fraction of sp³-hybridized carbons (Fsp3) is 0.261. The van der Waals surface area contributed by atoms with Crippen molar-refractivity contribution in [1.29, 1.82) is 0 Å². The fourth-order valence-corrected chi connectivity index (χ4v) is 3.70. The minimum Gasteiger partial charge on any atom is -0.334 e. The molecule has 2 amide bonds. The zero-order valence-electron chi connectivity index (χ0n) is 15.8. The van der Waals surface area contributed by atoms with Gasteiger partial charge in [-0.1, -0.05) is 24.3 Å². The number of carbonyl (C=O) groups excluding carboxylic acids is 1. The van der Waals surface area contributed by atoms with Gasteiger partial charge in [0.05, 0.1) is 0 Å². The van der Waals surface area contributed by atoms with Crippen LogP contribution in [0.2, 0.25) is 0 Å². The average Bonchev–Trinajstić information content (AvgIpc) is 2.79. The molecule has 0 bridgehead atoms. The molecule has 1 saturated heterocycles. The second-order valence-corrected chi connectivity index (χ2v) is 7.13. The van der Waals surface area contributed by atoms with Gasteiger partial charge in [-0.2, -0.15) is 0 Å². The highest BCUT2D eigenvalue weighted by Gasteiger charge is 2.23. The summed E-state index contributed by atoms with van der Waals surface area (Å²) in [5.41, 5.74) is 4.71. The molecule has 1 aromatic carbocycles. The lowest BCUT2D eigenvalue weighted by atomic mass is 9.90. The molecule has 3 heterocycles. The van der Waals surface area contributed by atoms with Crippen LogP contribution in [0.15, 0.2) is 73.3 Å². The van der Waals surface area contributed by atoms with Gasteiger partial charge >= 0.3 is 6.03 Å². The summed E-state index contributed by atoms with van der Waals surface area (Å²) in [6.45, 7) is 2.12. The first kappa shape index (κ1) is 18.2. The van der Waals surface area contributed by atoms with E-state index in [1.165, 1.54) is 5.56 Å². The third-order valence-electron chi connectivity index (χ3n) is 5.37. The number of rotatable bonds is 4. The van der Waals surface area contributed by atoms with E-state index < -0.39 is 0 Å². The number of hydrogen-bond acceptors (Lipinski definition) is 3. The number of pyridine rings is 2. The third kappa shape index (κ3) is 4.36. The van der Waals surface area contributed by atoms with E-state index in [-0.39, 0.29) is 6.03 Å². The quantitative estimate of drug-likeness (QED) is 0.745. The van der Waals surface area contributed by atoms with Crippen molar-refractivity contribution in [2.45, 2.75) is 25.3 Å². The van der Waals surface area contributed by atoms with E-state index in [1.807, 2.05) is 29.4 Å². The molecule has 1 N–H and O–H groups in total. The lowest BCUT2D eigenvalue weighted by Gasteiger charge is -2.32. The first-order chi connectivity index (χ1) is 13.8. The molecule has 0 atom stereocenters. The summed E-state index contributed by atoms with van der Waals surface area (Å²) in [4.78, 5) is 22.6. The Kier molecular flexibility index (Phi) is 5.61. The number of hydrogen-bond donors (Lipinski definition) is 1. The molecular weight excluding hydrogens is 348 g/mol.